The van der Waals surface area contributed by atoms with Gasteiger partial charge in [0.1, 0.15) is 6.54 Å². The van der Waals surface area contributed by atoms with Gasteiger partial charge in [-0.15, -0.1) is 0 Å². The molecule has 0 saturated heterocycles. The Morgan fingerprint density at radius 2 is 1.65 bits per heavy atom. The van der Waals surface area contributed by atoms with Crippen LogP contribution >= 0.6 is 0 Å². The van der Waals surface area contributed by atoms with Crippen LogP contribution in [-0.2, 0) is 20.2 Å². The molecule has 112 valence electrons. The first-order chi connectivity index (χ1) is 8.95. The lowest BCUT2D eigenvalue weighted by Gasteiger charge is -2.22. The summed E-state index contributed by atoms with van der Waals surface area (Å²) in [4.78, 5) is 10.7. The van der Waals surface area contributed by atoms with Gasteiger partial charge in [0.25, 0.3) is 0 Å². The van der Waals surface area contributed by atoms with Crippen molar-refractivity contribution in [1.29, 1.82) is 0 Å². The summed E-state index contributed by atoms with van der Waals surface area (Å²) in [6.07, 6.45) is 0. The zero-order valence-electron chi connectivity index (χ0n) is 12.4. The minimum Gasteiger partial charge on any atom is -0.480 e. The summed E-state index contributed by atoms with van der Waals surface area (Å²) in [6.45, 7) is 8.98. The van der Waals surface area contributed by atoms with Crippen LogP contribution in [0.4, 0.5) is 0 Å². The molecule has 0 amide bonds. The van der Waals surface area contributed by atoms with Crippen molar-refractivity contribution in [2.45, 2.75) is 44.9 Å². The normalized spacial score (nSPS) is 12.4. The van der Waals surface area contributed by atoms with Gasteiger partial charge in [0.05, 0.1) is 4.90 Å². The number of sulfonamides is 1. The van der Waals surface area contributed by atoms with Crippen molar-refractivity contribution in [3.63, 3.8) is 0 Å². The highest BCUT2D eigenvalue weighted by Gasteiger charge is 2.23. The van der Waals surface area contributed by atoms with E-state index in [-0.39, 0.29) is 10.3 Å². The lowest BCUT2D eigenvalue weighted by atomic mass is 9.85. The summed E-state index contributed by atoms with van der Waals surface area (Å²) in [6, 6.07) is 3.67. The number of aliphatic carboxylic acids is 1. The highest BCUT2D eigenvalue weighted by Crippen LogP contribution is 2.28. The molecule has 0 radical (unpaired) electrons. The molecule has 1 aromatic rings. The first-order valence-corrected chi connectivity index (χ1v) is 7.76. The zero-order valence-corrected chi connectivity index (χ0v) is 13.3. The molecule has 0 saturated carbocycles. The van der Waals surface area contributed by atoms with Gasteiger partial charge in [0, 0.05) is 0 Å². The van der Waals surface area contributed by atoms with Gasteiger partial charge in [-0.25, -0.2) is 8.42 Å². The number of nitrogens with one attached hydrogen (secondary N) is 1. The molecule has 0 heterocycles. The smallest absolute Gasteiger partial charge is 0.318 e. The third-order valence-electron chi connectivity index (χ3n) is 3.01. The second-order valence-electron chi connectivity index (χ2n) is 5.91. The number of carbonyl (C=O) groups is 1. The molecule has 1 rings (SSSR count). The van der Waals surface area contributed by atoms with Gasteiger partial charge in [-0.05, 0) is 36.0 Å². The average Bonchev–Trinajstić information content (AvgIpc) is 2.23. The largest absolute Gasteiger partial charge is 0.480 e. The minimum atomic E-state index is -3.81. The van der Waals surface area contributed by atoms with Crippen LogP contribution < -0.4 is 4.72 Å². The fourth-order valence-corrected chi connectivity index (χ4v) is 3.46. The second kappa shape index (κ2) is 5.54. The van der Waals surface area contributed by atoms with Gasteiger partial charge in [-0.3, -0.25) is 4.79 Å². The lowest BCUT2D eigenvalue weighted by Crippen LogP contribution is -2.30. The zero-order chi connectivity index (χ0) is 15.7. The summed E-state index contributed by atoms with van der Waals surface area (Å²) >= 11 is 0. The van der Waals surface area contributed by atoms with E-state index in [1.165, 1.54) is 0 Å². The third kappa shape index (κ3) is 3.80. The molecule has 0 aliphatic carbocycles. The first-order valence-electron chi connectivity index (χ1n) is 6.28. The molecule has 0 bridgehead atoms. The van der Waals surface area contributed by atoms with Crippen molar-refractivity contribution in [1.82, 2.24) is 4.72 Å². The van der Waals surface area contributed by atoms with E-state index >= 15 is 0 Å². The predicted octanol–water partition coefficient (Wildman–Crippen LogP) is 1.96. The molecule has 6 heteroatoms. The average molecular weight is 299 g/mol. The quantitative estimate of drug-likeness (QED) is 0.890. The molecule has 0 aromatic heterocycles. The van der Waals surface area contributed by atoms with Gasteiger partial charge in [-0.1, -0.05) is 32.9 Å². The summed E-state index contributed by atoms with van der Waals surface area (Å²) in [5, 5.41) is 8.59. The monoisotopic (exact) mass is 299 g/mol. The maximum Gasteiger partial charge on any atom is 0.318 e. The fraction of sp³-hybridized carbons (Fsp3) is 0.500. The van der Waals surface area contributed by atoms with Crippen molar-refractivity contribution in [3.8, 4) is 0 Å². The highest BCUT2D eigenvalue weighted by molar-refractivity contribution is 7.89. The minimum absolute atomic E-state index is 0.0771. The second-order valence-corrected chi connectivity index (χ2v) is 7.61. The highest BCUT2D eigenvalue weighted by atomic mass is 32.2. The van der Waals surface area contributed by atoms with E-state index in [0.717, 1.165) is 5.56 Å². The maximum atomic E-state index is 12.2. The maximum absolute atomic E-state index is 12.2. The van der Waals surface area contributed by atoms with Crippen LogP contribution in [0.1, 0.15) is 37.5 Å². The lowest BCUT2D eigenvalue weighted by molar-refractivity contribution is -0.135. The van der Waals surface area contributed by atoms with Crippen LogP contribution in [0.2, 0.25) is 0 Å². The number of benzene rings is 1. The molecule has 0 spiro atoms. The van der Waals surface area contributed by atoms with Gasteiger partial charge in [0.15, 0.2) is 0 Å². The molecule has 5 nitrogen and oxygen atoms in total. The van der Waals surface area contributed by atoms with E-state index in [4.69, 9.17) is 5.11 Å². The summed E-state index contributed by atoms with van der Waals surface area (Å²) < 4.78 is 26.4. The Hall–Kier alpha value is -1.40. The van der Waals surface area contributed by atoms with Gasteiger partial charge in [-0.2, -0.15) is 4.72 Å². The standard InChI is InChI=1S/C14H21NO4S/c1-9-6-11(14(3,4)5)7-10(2)13(9)20(18,19)15-8-12(16)17/h6-7,15H,8H2,1-5H3,(H,16,17). The molecular weight excluding hydrogens is 278 g/mol. The van der Waals surface area contributed by atoms with Crippen molar-refractivity contribution in [2.24, 2.45) is 0 Å². The molecule has 0 aliphatic rings. The number of hydrogen-bond acceptors (Lipinski definition) is 3. The van der Waals surface area contributed by atoms with Crippen LogP contribution in [0, 0.1) is 13.8 Å². The van der Waals surface area contributed by atoms with Crippen molar-refractivity contribution < 1.29 is 18.3 Å². The molecule has 1 aromatic carbocycles. The van der Waals surface area contributed by atoms with Gasteiger partial charge >= 0.3 is 5.97 Å². The van der Waals surface area contributed by atoms with E-state index in [1.54, 1.807) is 13.8 Å². The third-order valence-corrected chi connectivity index (χ3v) is 4.71. The number of hydrogen-bond donors (Lipinski definition) is 2. The topological polar surface area (TPSA) is 83.5 Å². The first kappa shape index (κ1) is 16.7. The van der Waals surface area contributed by atoms with E-state index < -0.39 is 22.5 Å². The summed E-state index contributed by atoms with van der Waals surface area (Å²) in [5.74, 6) is -1.21. The Labute approximate surface area is 120 Å². The molecule has 20 heavy (non-hydrogen) atoms. The van der Waals surface area contributed by atoms with Crippen LogP contribution in [0.5, 0.6) is 0 Å². The SMILES string of the molecule is Cc1cc(C(C)(C)C)cc(C)c1S(=O)(=O)NCC(=O)O. The Kier molecular flexibility index (Phi) is 4.61. The van der Waals surface area contributed by atoms with Crippen LogP contribution in [0.3, 0.4) is 0 Å². The van der Waals surface area contributed by atoms with Crippen LogP contribution in [0.15, 0.2) is 17.0 Å². The van der Waals surface area contributed by atoms with E-state index in [0.29, 0.717) is 11.1 Å². The molecule has 0 aliphatic heterocycles. The van der Waals surface area contributed by atoms with Crippen molar-refractivity contribution >= 4 is 16.0 Å². The van der Waals surface area contributed by atoms with Crippen LogP contribution in [0.25, 0.3) is 0 Å². The summed E-state index contributed by atoms with van der Waals surface area (Å²) in [7, 11) is -3.81. The molecule has 0 atom stereocenters. The van der Waals surface area contributed by atoms with E-state index in [2.05, 4.69) is 25.5 Å². The summed E-state index contributed by atoms with van der Waals surface area (Å²) in [5.41, 5.74) is 2.21. The van der Waals surface area contributed by atoms with Crippen molar-refractivity contribution in [2.75, 3.05) is 6.54 Å². The Morgan fingerprint density at radius 3 is 2.00 bits per heavy atom. The fourth-order valence-electron chi connectivity index (χ4n) is 2.04. The number of carboxylic acid groups (broad SMARTS) is 1. The molecule has 0 unspecified atom stereocenters. The van der Waals surface area contributed by atoms with E-state index in [9.17, 15) is 13.2 Å². The molecule has 2 N–H and O–H groups in total. The van der Waals surface area contributed by atoms with Crippen LogP contribution in [-0.4, -0.2) is 26.0 Å². The van der Waals surface area contributed by atoms with E-state index in [1.807, 2.05) is 12.1 Å². The Balaban J connectivity index is 3.31. The number of aryl methyl sites for hydroxylation is 2. The Morgan fingerprint density at radius 1 is 1.20 bits per heavy atom. The molecule has 0 fully saturated rings. The molecular formula is C14H21NO4S. The van der Waals surface area contributed by atoms with Crippen molar-refractivity contribution in [3.05, 3.63) is 28.8 Å². The van der Waals surface area contributed by atoms with Gasteiger partial charge in [0.2, 0.25) is 10.0 Å². The number of carboxylic acids is 1. The van der Waals surface area contributed by atoms with Gasteiger partial charge < -0.3 is 5.11 Å². The predicted molar refractivity (Wildman–Crippen MR) is 77.4 cm³/mol. The Bertz CT molecular complexity index is 604. The number of rotatable bonds is 4.